The highest BCUT2D eigenvalue weighted by Gasteiger charge is 2.78. The Balaban J connectivity index is 1.52. The van der Waals surface area contributed by atoms with E-state index in [0.29, 0.717) is 0 Å². The number of hydrogen-bond donors (Lipinski definition) is 5. The summed E-state index contributed by atoms with van der Waals surface area (Å²) in [7, 11) is 0. The van der Waals surface area contributed by atoms with Gasteiger partial charge in [0.05, 0.1) is 42.4 Å². The molecule has 1 aliphatic heterocycles. The molecule has 3 fully saturated rings. The largest absolute Gasteiger partial charge is 0.481 e. The minimum atomic E-state index is -2.46. The number of esters is 4. The lowest BCUT2D eigenvalue weighted by Gasteiger charge is -2.67. The molecule has 1 amide bonds. The van der Waals surface area contributed by atoms with Crippen LogP contribution in [0.15, 0.2) is 71.8 Å². The maximum atomic E-state index is 15.1. The van der Waals surface area contributed by atoms with Crippen molar-refractivity contribution in [3.63, 3.8) is 0 Å². The van der Waals surface area contributed by atoms with Crippen LogP contribution in [0.2, 0.25) is 0 Å². The number of ketones is 1. The molecule has 0 aromatic heterocycles. The van der Waals surface area contributed by atoms with E-state index in [1.807, 2.05) is 0 Å². The zero-order valence-electron chi connectivity index (χ0n) is 37.5. The number of ether oxygens (including phenoxy) is 6. The van der Waals surface area contributed by atoms with Gasteiger partial charge in [-0.3, -0.25) is 19.2 Å². The number of rotatable bonds is 12. The Hall–Kier alpha value is -5.69. The molecule has 3 aliphatic carbocycles. The molecule has 18 nitrogen and oxygen atoms in total. The first-order valence-electron chi connectivity index (χ1n) is 21.4. The summed E-state index contributed by atoms with van der Waals surface area (Å²) in [5, 5.41) is 49.8. The van der Waals surface area contributed by atoms with E-state index in [4.69, 9.17) is 28.4 Å². The molecule has 4 aliphatic rings. The minimum absolute atomic E-state index is 0.0334. The lowest BCUT2D eigenvalue weighted by molar-refractivity contribution is -0.346. The number of fused-ring (bicyclic) bond motifs is 5. The molecule has 2 aromatic carbocycles. The summed E-state index contributed by atoms with van der Waals surface area (Å²) in [4.78, 5) is 95.2. The van der Waals surface area contributed by atoms with Crippen molar-refractivity contribution in [1.82, 2.24) is 5.32 Å². The lowest BCUT2D eigenvalue weighted by Crippen LogP contribution is -2.81. The standard InChI is InChI=1S/C47H57NO17/c1-24-28(61-41(57)36(62-32(53)20-19-31(51)52)34(26-15-11-9-12-16-26)48-42(58)65-43(3,4)5)22-47(59)39(63-40(56)27-17-13-10-14-18-27)37-45(8,38(55)35(54)33(24)44(47,6)7)29(50)21-30-46(37,23-60-30)64-25(2)49/h9-18,28-30,34-37,39,50,54,59H,19-23H2,1-8H3,(H,48,58)(H,51,52)/t28-,29-,30+,34-,35?,36+,37?,39-,45+,46-,47+/m0/s1. The molecule has 0 radical (unpaired) electrons. The van der Waals surface area contributed by atoms with Crippen LogP contribution in [0.4, 0.5) is 4.79 Å². The third-order valence-corrected chi connectivity index (χ3v) is 13.3. The second-order valence-corrected chi connectivity index (χ2v) is 18.9. The molecule has 1 heterocycles. The van der Waals surface area contributed by atoms with Gasteiger partial charge in [-0.25, -0.2) is 14.4 Å². The van der Waals surface area contributed by atoms with Crippen molar-refractivity contribution in [3.05, 3.63) is 82.9 Å². The Morgan fingerprint density at radius 3 is 2.09 bits per heavy atom. The zero-order valence-corrected chi connectivity index (χ0v) is 37.5. The van der Waals surface area contributed by atoms with Gasteiger partial charge in [0.25, 0.3) is 0 Å². The number of nitrogens with one attached hydrogen (secondary N) is 1. The van der Waals surface area contributed by atoms with Crippen LogP contribution < -0.4 is 5.32 Å². The third kappa shape index (κ3) is 9.00. The topological polar surface area (TPSA) is 268 Å². The smallest absolute Gasteiger partial charge is 0.408 e. The van der Waals surface area contributed by atoms with Gasteiger partial charge in [-0.1, -0.05) is 62.4 Å². The molecular weight excluding hydrogens is 851 g/mol. The second-order valence-electron chi connectivity index (χ2n) is 18.9. The van der Waals surface area contributed by atoms with E-state index in [1.54, 1.807) is 57.2 Å². The summed E-state index contributed by atoms with van der Waals surface area (Å²) >= 11 is 0. The molecule has 2 unspecified atom stereocenters. The highest BCUT2D eigenvalue weighted by Crippen LogP contribution is 2.64. The van der Waals surface area contributed by atoms with Gasteiger partial charge in [0.2, 0.25) is 6.10 Å². The lowest BCUT2D eigenvalue weighted by atomic mass is 9.44. The van der Waals surface area contributed by atoms with Crippen molar-refractivity contribution in [2.75, 3.05) is 6.61 Å². The summed E-state index contributed by atoms with van der Waals surface area (Å²) in [6.07, 6.45) is -13.5. The van der Waals surface area contributed by atoms with Crippen molar-refractivity contribution in [2.45, 2.75) is 141 Å². The van der Waals surface area contributed by atoms with E-state index < -0.39 is 137 Å². The van der Waals surface area contributed by atoms with Crippen LogP contribution in [0, 0.1) is 16.7 Å². The van der Waals surface area contributed by atoms with Crippen LogP contribution in [-0.4, -0.2) is 122 Å². The number of carboxylic acids is 1. The van der Waals surface area contributed by atoms with Gasteiger partial charge in [0.1, 0.15) is 41.7 Å². The Bertz CT molecular complexity index is 2240. The summed E-state index contributed by atoms with van der Waals surface area (Å²) in [6.45, 7) is 11.4. The molecule has 352 valence electrons. The minimum Gasteiger partial charge on any atom is -0.481 e. The summed E-state index contributed by atoms with van der Waals surface area (Å²) in [6, 6.07) is 14.0. The third-order valence-electron chi connectivity index (χ3n) is 13.3. The van der Waals surface area contributed by atoms with Crippen LogP contribution in [-0.2, 0) is 52.4 Å². The normalized spacial score (nSPS) is 31.2. The van der Waals surface area contributed by atoms with Gasteiger partial charge in [0.15, 0.2) is 11.4 Å². The first-order valence-corrected chi connectivity index (χ1v) is 21.4. The molecule has 18 heteroatoms. The fourth-order valence-corrected chi connectivity index (χ4v) is 10.1. The molecule has 65 heavy (non-hydrogen) atoms. The Morgan fingerprint density at radius 1 is 0.923 bits per heavy atom. The number of amides is 1. The van der Waals surface area contributed by atoms with Crippen LogP contribution in [0.25, 0.3) is 0 Å². The monoisotopic (exact) mass is 907 g/mol. The average Bonchev–Trinajstić information content (AvgIpc) is 3.22. The summed E-state index contributed by atoms with van der Waals surface area (Å²) in [5.41, 5.74) is -8.90. The maximum Gasteiger partial charge on any atom is 0.408 e. The molecule has 0 spiro atoms. The quantitative estimate of drug-likeness (QED) is 0.116. The molecule has 6 rings (SSSR count). The van der Waals surface area contributed by atoms with Gasteiger partial charge in [-0.15, -0.1) is 0 Å². The van der Waals surface area contributed by atoms with Crippen molar-refractivity contribution in [3.8, 4) is 0 Å². The van der Waals surface area contributed by atoms with E-state index in [1.165, 1.54) is 52.0 Å². The number of aliphatic carboxylic acids is 1. The first kappa shape index (κ1) is 48.8. The Labute approximate surface area is 375 Å². The van der Waals surface area contributed by atoms with Crippen LogP contribution >= 0.6 is 0 Å². The van der Waals surface area contributed by atoms with Crippen molar-refractivity contribution >= 4 is 41.7 Å². The van der Waals surface area contributed by atoms with E-state index in [0.717, 1.165) is 6.92 Å². The zero-order chi connectivity index (χ0) is 48.0. The van der Waals surface area contributed by atoms with Crippen molar-refractivity contribution < 1.29 is 82.4 Å². The number of carbonyl (C=O) groups excluding carboxylic acids is 6. The first-order chi connectivity index (χ1) is 30.3. The van der Waals surface area contributed by atoms with E-state index in [2.05, 4.69) is 5.32 Å². The highest BCUT2D eigenvalue weighted by molar-refractivity contribution is 5.94. The number of carboxylic acid groups (broad SMARTS) is 1. The summed E-state index contributed by atoms with van der Waals surface area (Å²) in [5.74, 6) is -8.16. The van der Waals surface area contributed by atoms with Gasteiger partial charge < -0.3 is 54.2 Å². The van der Waals surface area contributed by atoms with Crippen LogP contribution in [0.3, 0.4) is 0 Å². The van der Waals surface area contributed by atoms with E-state index >= 15 is 4.79 Å². The molecule has 2 saturated carbocycles. The number of aliphatic hydroxyl groups excluding tert-OH is 2. The number of alkyl carbamates (subject to hydrolysis) is 1. The molecule has 1 saturated heterocycles. The summed E-state index contributed by atoms with van der Waals surface area (Å²) < 4.78 is 35.5. The maximum absolute atomic E-state index is 15.1. The SMILES string of the molecule is CC(=O)O[C@@]12CO[C@@H]1C[C@H](O)[C@@]1(C)C(=O)C(O)C3=C(C)[C@@H](OC(=O)[C@H](OC(=O)CCC(=O)O)[C@@H](NC(=O)OC(C)(C)C)c4ccccc4)C[C@@](O)([C@@H](OC(=O)c4ccccc4)C12)C3(C)C. The predicted molar refractivity (Wildman–Crippen MR) is 224 cm³/mol. The fraction of sp³-hybridized carbons (Fsp3) is 0.553. The van der Waals surface area contributed by atoms with E-state index in [-0.39, 0.29) is 35.3 Å². The number of carbonyl (C=O) groups is 7. The Morgan fingerprint density at radius 2 is 1.54 bits per heavy atom. The van der Waals surface area contributed by atoms with Crippen molar-refractivity contribution in [2.24, 2.45) is 16.7 Å². The number of benzene rings is 2. The predicted octanol–water partition coefficient (Wildman–Crippen LogP) is 3.68. The van der Waals surface area contributed by atoms with Crippen molar-refractivity contribution in [1.29, 1.82) is 0 Å². The molecular formula is C47H57NO17. The number of Topliss-reactive ketones (excluding diaryl/α,β-unsaturated/α-hetero) is 1. The number of aliphatic hydroxyl groups is 3. The van der Waals surface area contributed by atoms with Gasteiger partial charge >= 0.3 is 35.9 Å². The van der Waals surface area contributed by atoms with Gasteiger partial charge in [-0.05, 0) is 63.5 Å². The molecule has 5 N–H and O–H groups in total. The van der Waals surface area contributed by atoms with Crippen LogP contribution in [0.1, 0.15) is 103 Å². The van der Waals surface area contributed by atoms with Gasteiger partial charge in [-0.2, -0.15) is 0 Å². The molecule has 11 atom stereocenters. The second kappa shape index (κ2) is 17.9. The molecule has 2 aromatic rings. The molecule has 2 bridgehead atoms. The van der Waals surface area contributed by atoms with E-state index in [9.17, 15) is 49.2 Å². The van der Waals surface area contributed by atoms with Gasteiger partial charge in [0, 0.05) is 25.2 Å². The number of hydrogen-bond acceptors (Lipinski definition) is 16. The van der Waals surface area contributed by atoms with Crippen LogP contribution in [0.5, 0.6) is 0 Å². The Kier molecular flexibility index (Phi) is 13.5. The fourth-order valence-electron chi connectivity index (χ4n) is 10.1. The average molecular weight is 908 g/mol. The highest BCUT2D eigenvalue weighted by atomic mass is 16.6.